The van der Waals surface area contributed by atoms with E-state index in [2.05, 4.69) is 53.7 Å². The molecule has 3 unspecified atom stereocenters. The number of anilines is 2. The van der Waals surface area contributed by atoms with Gasteiger partial charge in [-0.1, -0.05) is 54.3 Å². The van der Waals surface area contributed by atoms with E-state index in [-0.39, 0.29) is 56.6 Å². The molecular formula is C51H61N6O21P3S2. The van der Waals surface area contributed by atoms with Gasteiger partial charge in [0.2, 0.25) is 11.3 Å². The average molecular weight is 1250 g/mol. The summed E-state index contributed by atoms with van der Waals surface area (Å²) in [5.41, 5.74) is 8.72. The van der Waals surface area contributed by atoms with Crippen LogP contribution in [-0.4, -0.2) is 117 Å². The number of carbonyl (C=O) groups excluding carboxylic acids is 1. The van der Waals surface area contributed by atoms with Crippen molar-refractivity contribution >= 4 is 67.2 Å². The number of aliphatic hydroxyl groups excluding tert-OH is 1. The van der Waals surface area contributed by atoms with Crippen LogP contribution in [0.2, 0.25) is 0 Å². The Labute approximate surface area is 477 Å². The minimum absolute atomic E-state index is 0.0156. The van der Waals surface area contributed by atoms with E-state index in [1.807, 2.05) is 80.6 Å². The van der Waals surface area contributed by atoms with Gasteiger partial charge in [0.05, 0.1) is 45.9 Å². The first-order valence-corrected chi connectivity index (χ1v) is 33.0. The van der Waals surface area contributed by atoms with Crippen LogP contribution < -0.4 is 31.6 Å². The van der Waals surface area contributed by atoms with Crippen LogP contribution in [0.5, 0.6) is 0 Å². The Morgan fingerprint density at radius 3 is 2.39 bits per heavy atom. The van der Waals surface area contributed by atoms with E-state index in [0.29, 0.717) is 28.5 Å². The van der Waals surface area contributed by atoms with E-state index in [9.17, 15) is 64.1 Å². The van der Waals surface area contributed by atoms with E-state index in [1.165, 1.54) is 18.2 Å². The fraction of sp³-hybridized carbons (Fsp3) is 0.373. The number of nitrogens with zero attached hydrogens (tertiary/aromatic N) is 4. The number of nitrogens with one attached hydrogen (secondary N) is 1. The van der Waals surface area contributed by atoms with Gasteiger partial charge in [0.1, 0.15) is 42.8 Å². The van der Waals surface area contributed by atoms with Crippen molar-refractivity contribution in [3.8, 4) is 34.5 Å². The molecular weight excluding hydrogens is 1190 g/mol. The lowest BCUT2D eigenvalue weighted by molar-refractivity contribution is -0.121. The summed E-state index contributed by atoms with van der Waals surface area (Å²) in [6.07, 6.45) is 2.30. The topological polar surface area (TPSA) is 410 Å². The Morgan fingerprint density at radius 2 is 1.72 bits per heavy atom. The SMILES string of the molecule is CC[N+](CC)=c1ccc2c(/C=C/C=C3\N(CCCS(=O)(=O)[O-])c4ccc(S(=O)(=O)O)cc4C3(C)CCCC(=O)NCC#Cc3cn([C@H]4C[C@H](O)[C@@H](COP(=O)(O)OP(=O)(O)OP(=O)(O)O)O4)c(=O)nc3N)c(C)c(-c3ccccc3)oc-2c1. The molecule has 2 aromatic carbocycles. The lowest BCUT2D eigenvalue weighted by Crippen LogP contribution is -2.31. The van der Waals surface area contributed by atoms with Crippen molar-refractivity contribution < 1.29 is 91.4 Å². The maximum atomic E-state index is 13.4. The van der Waals surface area contributed by atoms with Gasteiger partial charge in [0.25, 0.3) is 10.1 Å². The largest absolute Gasteiger partial charge is 0.748 e. The van der Waals surface area contributed by atoms with Gasteiger partial charge in [-0.15, -0.1) is 0 Å². The monoisotopic (exact) mass is 1250 g/mol. The Bertz CT molecular complexity index is 3890. The molecule has 1 fully saturated rings. The number of allylic oxidation sites excluding steroid dienone is 3. The van der Waals surface area contributed by atoms with E-state index in [1.54, 1.807) is 4.90 Å². The number of aliphatic hydroxyl groups is 1. The molecule has 1 aromatic heterocycles. The van der Waals surface area contributed by atoms with Crippen LogP contribution in [-0.2, 0) is 62.0 Å². The quantitative estimate of drug-likeness (QED) is 0.0193. The zero-order valence-corrected chi connectivity index (χ0v) is 49.3. The van der Waals surface area contributed by atoms with E-state index >= 15 is 0 Å². The molecule has 32 heteroatoms. The van der Waals surface area contributed by atoms with Crippen molar-refractivity contribution in [3.05, 3.63) is 129 Å². The van der Waals surface area contributed by atoms with Crippen LogP contribution >= 0.6 is 23.5 Å². The predicted molar refractivity (Wildman–Crippen MR) is 300 cm³/mol. The Morgan fingerprint density at radius 1 is 1.01 bits per heavy atom. The maximum Gasteiger partial charge on any atom is 0.490 e. The van der Waals surface area contributed by atoms with Gasteiger partial charge in [-0.3, -0.25) is 18.4 Å². The fourth-order valence-electron chi connectivity index (χ4n) is 9.79. The number of fused-ring (bicyclic) bond motifs is 2. The number of aromatic nitrogens is 2. The number of hydrogen-bond acceptors (Lipinski definition) is 19. The van der Waals surface area contributed by atoms with Gasteiger partial charge in [-0.05, 0) is 88.4 Å². The number of rotatable bonds is 23. The summed E-state index contributed by atoms with van der Waals surface area (Å²) in [6, 6.07) is 19.7. The average Bonchev–Trinajstić information content (AvgIpc) is 3.82. The molecule has 6 atom stereocenters. The number of phosphoric ester groups is 1. The lowest BCUT2D eigenvalue weighted by atomic mass is 9.77. The van der Waals surface area contributed by atoms with Crippen LogP contribution in [0.1, 0.15) is 81.4 Å². The summed E-state index contributed by atoms with van der Waals surface area (Å²) >= 11 is 0. The highest BCUT2D eigenvalue weighted by Crippen LogP contribution is 2.66. The minimum atomic E-state index is -5.83. The summed E-state index contributed by atoms with van der Waals surface area (Å²) in [7, 11) is -26.4. The van der Waals surface area contributed by atoms with Crippen LogP contribution in [0.3, 0.4) is 0 Å². The minimum Gasteiger partial charge on any atom is -0.748 e. The second-order valence-electron chi connectivity index (χ2n) is 19.3. The van der Waals surface area contributed by atoms with Crippen LogP contribution in [0.4, 0.5) is 11.5 Å². The third-order valence-electron chi connectivity index (χ3n) is 13.7. The van der Waals surface area contributed by atoms with E-state index < -0.39 is 96.4 Å². The number of carbonyl (C=O) groups is 1. The maximum absolute atomic E-state index is 13.4. The zero-order valence-electron chi connectivity index (χ0n) is 45.0. The fourth-order valence-corrected chi connectivity index (χ4v) is 13.8. The molecule has 1 saturated heterocycles. The highest BCUT2D eigenvalue weighted by molar-refractivity contribution is 7.86. The number of nitrogens with two attached hydrogens (primary N) is 1. The smallest absolute Gasteiger partial charge is 0.490 e. The molecule has 7 rings (SSSR count). The molecule has 1 aliphatic carbocycles. The second kappa shape index (κ2) is 26.1. The first kappa shape index (κ1) is 64.6. The molecule has 448 valence electrons. The number of ether oxygens (including phenoxy) is 1. The molecule has 9 N–H and O–H groups in total. The van der Waals surface area contributed by atoms with Gasteiger partial charge >= 0.3 is 29.2 Å². The summed E-state index contributed by atoms with van der Waals surface area (Å²) in [5, 5.41) is 14.2. The van der Waals surface area contributed by atoms with Gasteiger partial charge in [-0.25, -0.2) is 31.5 Å². The molecule has 0 bridgehead atoms. The molecule has 4 heterocycles. The van der Waals surface area contributed by atoms with Crippen molar-refractivity contribution in [1.29, 1.82) is 0 Å². The lowest BCUT2D eigenvalue weighted by Gasteiger charge is -2.30. The standard InChI is InChI=1S/C51H61N6O21P3S2/c1-5-55(6-2)36-20-22-39-38(33(3)48(76-43(39)28-36)34-14-8-7-9-15-34)17-10-18-45-51(4,40-29-37(83(71,72)73)21-23-41(40)56(45)26-13-27-82(68,69)70)24-11-19-46(59)53-25-12-16-35-31-57(50(60)54-49(35)52)47-30-42(58)44(75-47)32-74-80(64,65)78-81(66,67)77-79(61,62)63/h7-10,14-15,17-18,20-23,28-29,31,42,44,47,58H,5-6,11,13,19,24-27,30,32H2,1-4H3,(H8-,52,53,54,59,60,61,62,63,64,65,66,67,68,69,70,71,72,73)/t42-,44+,47+,51?/m0/s1. The number of phosphoric acid groups is 3. The summed E-state index contributed by atoms with van der Waals surface area (Å²) in [4.78, 5) is 68.1. The number of benzene rings is 3. The van der Waals surface area contributed by atoms with Crippen LogP contribution in [0.25, 0.3) is 28.7 Å². The van der Waals surface area contributed by atoms with Gasteiger partial charge < -0.3 is 54.3 Å². The first-order valence-electron chi connectivity index (χ1n) is 25.5. The number of nitrogen functional groups attached to an aromatic ring is 1. The van der Waals surface area contributed by atoms with Crippen molar-refractivity contribution in [2.75, 3.05) is 49.2 Å². The normalized spacial score (nSPS) is 20.3. The Hall–Kier alpha value is -5.99. The molecule has 0 spiro atoms. The second-order valence-corrected chi connectivity index (χ2v) is 26.7. The summed E-state index contributed by atoms with van der Waals surface area (Å²) in [5.74, 6) is 5.21. The molecule has 83 heavy (non-hydrogen) atoms. The van der Waals surface area contributed by atoms with Gasteiger partial charge in [0, 0.05) is 70.9 Å². The molecule has 0 saturated carbocycles. The van der Waals surface area contributed by atoms with Crippen LogP contribution in [0, 0.1) is 18.8 Å². The highest BCUT2D eigenvalue weighted by Gasteiger charge is 2.45. The highest BCUT2D eigenvalue weighted by atomic mass is 32.2. The summed E-state index contributed by atoms with van der Waals surface area (Å²) in [6.45, 7) is 8.22. The van der Waals surface area contributed by atoms with Crippen molar-refractivity contribution in [2.24, 2.45) is 0 Å². The zero-order chi connectivity index (χ0) is 60.9. The van der Waals surface area contributed by atoms with Gasteiger partial charge in [-0.2, -0.15) is 22.0 Å². The van der Waals surface area contributed by atoms with Gasteiger partial charge in [0.15, 0.2) is 0 Å². The molecule has 1 amide bonds. The van der Waals surface area contributed by atoms with E-state index in [0.717, 1.165) is 51.5 Å². The molecule has 0 radical (unpaired) electrons. The number of hydrogen-bond donors (Lipinski definition) is 8. The third-order valence-corrected chi connectivity index (χ3v) is 19.1. The number of amides is 1. The van der Waals surface area contributed by atoms with Crippen molar-refractivity contribution in [1.82, 2.24) is 19.4 Å². The van der Waals surface area contributed by atoms with Crippen molar-refractivity contribution in [2.45, 2.75) is 88.5 Å². The summed E-state index contributed by atoms with van der Waals surface area (Å²) < 4.78 is 133. The first-order chi connectivity index (χ1) is 38.8. The van der Waals surface area contributed by atoms with Crippen LogP contribution in [0.15, 0.2) is 105 Å². The molecule has 3 aliphatic heterocycles. The van der Waals surface area contributed by atoms with Crippen molar-refractivity contribution in [3.63, 3.8) is 0 Å². The Balaban J connectivity index is 1.11. The molecule has 27 nitrogen and oxygen atoms in total. The third kappa shape index (κ3) is 16.5. The molecule has 4 aliphatic rings. The van der Waals surface area contributed by atoms with E-state index in [4.69, 9.17) is 24.7 Å². The Kier molecular flexibility index (Phi) is 20.3. The predicted octanol–water partition coefficient (Wildman–Crippen LogP) is 4.50. The molecule has 3 aromatic rings.